The summed E-state index contributed by atoms with van der Waals surface area (Å²) in [5.74, 6) is 0.946. The second-order valence-corrected chi connectivity index (χ2v) is 10.7. The van der Waals surface area contributed by atoms with E-state index >= 15 is 0 Å². The van der Waals surface area contributed by atoms with Gasteiger partial charge in [0.2, 0.25) is 5.91 Å². The van der Waals surface area contributed by atoms with Gasteiger partial charge in [-0.15, -0.1) is 0 Å². The highest BCUT2D eigenvalue weighted by molar-refractivity contribution is 9.10. The second kappa shape index (κ2) is 12.1. The number of imidazole rings is 1. The number of nitrogens with one attached hydrogen (secondary N) is 1. The lowest BCUT2D eigenvalue weighted by atomic mass is 9.98. The van der Waals surface area contributed by atoms with Gasteiger partial charge in [0.1, 0.15) is 5.82 Å². The van der Waals surface area contributed by atoms with Crippen LogP contribution in [0.25, 0.3) is 11.0 Å². The van der Waals surface area contributed by atoms with Crippen LogP contribution in [0.1, 0.15) is 66.5 Å². The van der Waals surface area contributed by atoms with Gasteiger partial charge in [0.15, 0.2) is 0 Å². The molecule has 0 bridgehead atoms. The summed E-state index contributed by atoms with van der Waals surface area (Å²) >= 11 is 7.76. The number of hydrogen-bond donors (Lipinski definition) is 3. The van der Waals surface area contributed by atoms with E-state index in [1.807, 2.05) is 19.1 Å². The molecule has 0 saturated carbocycles. The zero-order valence-electron chi connectivity index (χ0n) is 20.8. The van der Waals surface area contributed by atoms with Crippen LogP contribution in [0.4, 0.5) is 0 Å². The molecule has 2 aromatic carbocycles. The van der Waals surface area contributed by atoms with Crippen molar-refractivity contribution < 1.29 is 14.7 Å². The number of nitrogens with zero attached hydrogens (tertiary/aromatic N) is 2. The SMILES string of the molecule is CCCc1nc2c(C)cc(CNC(=O)[C@@H](CS)CC(C)C)cc2n1Cc1ccc(C(=O)O)c(Br)c1. The molecular formula is C27H34BrN3O3S. The minimum atomic E-state index is -0.959. The number of carboxylic acid groups (broad SMARTS) is 1. The number of amides is 1. The summed E-state index contributed by atoms with van der Waals surface area (Å²) < 4.78 is 2.76. The highest BCUT2D eigenvalue weighted by Gasteiger charge is 2.19. The lowest BCUT2D eigenvalue weighted by molar-refractivity contribution is -0.124. The minimum absolute atomic E-state index is 0.0370. The fourth-order valence-corrected chi connectivity index (χ4v) is 5.30. The first kappa shape index (κ1) is 27.3. The first-order chi connectivity index (χ1) is 16.6. The van der Waals surface area contributed by atoms with Crippen molar-refractivity contribution in [3.8, 4) is 0 Å². The van der Waals surface area contributed by atoms with E-state index in [1.165, 1.54) is 0 Å². The fourth-order valence-electron chi connectivity index (χ4n) is 4.39. The molecule has 0 aliphatic heterocycles. The van der Waals surface area contributed by atoms with Crippen molar-refractivity contribution in [3.63, 3.8) is 0 Å². The van der Waals surface area contributed by atoms with Gasteiger partial charge < -0.3 is 15.0 Å². The Hall–Kier alpha value is -2.32. The lowest BCUT2D eigenvalue weighted by Crippen LogP contribution is -2.32. The van der Waals surface area contributed by atoms with Gasteiger partial charge >= 0.3 is 5.97 Å². The predicted octanol–water partition coefficient (Wildman–Crippen LogP) is 6.01. The zero-order chi connectivity index (χ0) is 25.7. The predicted molar refractivity (Wildman–Crippen MR) is 147 cm³/mol. The first-order valence-corrected chi connectivity index (χ1v) is 13.5. The summed E-state index contributed by atoms with van der Waals surface area (Å²) in [6.45, 7) is 9.44. The van der Waals surface area contributed by atoms with Crippen molar-refractivity contribution >= 4 is 51.5 Å². The highest BCUT2D eigenvalue weighted by atomic mass is 79.9. The molecule has 1 aromatic heterocycles. The van der Waals surface area contributed by atoms with E-state index in [1.54, 1.807) is 6.07 Å². The van der Waals surface area contributed by atoms with E-state index in [0.29, 0.717) is 29.2 Å². The molecule has 8 heteroatoms. The smallest absolute Gasteiger partial charge is 0.336 e. The Bertz CT molecular complexity index is 1220. The number of hydrogen-bond acceptors (Lipinski definition) is 4. The molecule has 35 heavy (non-hydrogen) atoms. The van der Waals surface area contributed by atoms with Gasteiger partial charge in [-0.2, -0.15) is 12.6 Å². The van der Waals surface area contributed by atoms with Crippen LogP contribution in [0, 0.1) is 18.8 Å². The second-order valence-electron chi connectivity index (χ2n) is 9.49. The molecule has 0 radical (unpaired) electrons. The Morgan fingerprint density at radius 1 is 1.20 bits per heavy atom. The molecule has 1 heterocycles. The lowest BCUT2D eigenvalue weighted by Gasteiger charge is -2.17. The van der Waals surface area contributed by atoms with Gasteiger partial charge in [0.05, 0.1) is 16.6 Å². The number of carbonyl (C=O) groups is 2. The van der Waals surface area contributed by atoms with Crippen LogP contribution in [0.3, 0.4) is 0 Å². The fraction of sp³-hybridized carbons (Fsp3) is 0.444. The number of fused-ring (bicyclic) bond motifs is 1. The van der Waals surface area contributed by atoms with Crippen LogP contribution in [0.5, 0.6) is 0 Å². The summed E-state index contributed by atoms with van der Waals surface area (Å²) in [4.78, 5) is 29.0. The van der Waals surface area contributed by atoms with Crippen molar-refractivity contribution in [2.24, 2.45) is 11.8 Å². The molecule has 3 aromatic rings. The Kier molecular flexibility index (Phi) is 9.41. The van der Waals surface area contributed by atoms with Crippen molar-refractivity contribution in [2.75, 3.05) is 5.75 Å². The first-order valence-electron chi connectivity index (χ1n) is 12.0. The van der Waals surface area contributed by atoms with Crippen molar-refractivity contribution in [1.82, 2.24) is 14.9 Å². The van der Waals surface area contributed by atoms with Gasteiger partial charge in [-0.1, -0.05) is 32.9 Å². The number of carboxylic acids is 1. The van der Waals surface area contributed by atoms with Crippen molar-refractivity contribution in [2.45, 2.75) is 60.0 Å². The third kappa shape index (κ3) is 6.67. The minimum Gasteiger partial charge on any atom is -0.478 e. The quantitative estimate of drug-likeness (QED) is 0.251. The van der Waals surface area contributed by atoms with Crippen molar-refractivity contribution in [1.29, 1.82) is 0 Å². The normalized spacial score (nSPS) is 12.3. The molecule has 1 atom stereocenters. The van der Waals surface area contributed by atoms with Gasteiger partial charge in [-0.25, -0.2) is 9.78 Å². The number of aromatic carboxylic acids is 1. The Morgan fingerprint density at radius 3 is 2.54 bits per heavy atom. The number of benzene rings is 2. The van der Waals surface area contributed by atoms with Crippen molar-refractivity contribution in [3.05, 3.63) is 62.9 Å². The molecule has 1 amide bonds. The average Bonchev–Trinajstić information content (AvgIpc) is 3.13. The maximum atomic E-state index is 12.7. The van der Waals surface area contributed by atoms with Crippen LogP contribution >= 0.6 is 28.6 Å². The van der Waals surface area contributed by atoms with E-state index in [9.17, 15) is 14.7 Å². The topological polar surface area (TPSA) is 84.2 Å². The van der Waals surface area contributed by atoms with Crippen LogP contribution < -0.4 is 5.32 Å². The molecule has 3 rings (SSSR count). The Balaban J connectivity index is 1.93. The molecule has 2 N–H and O–H groups in total. The molecule has 0 aliphatic rings. The largest absolute Gasteiger partial charge is 0.478 e. The monoisotopic (exact) mass is 559 g/mol. The molecule has 0 spiro atoms. The molecule has 0 aliphatic carbocycles. The third-order valence-corrected chi connectivity index (χ3v) is 7.17. The number of aryl methyl sites for hydroxylation is 2. The number of carbonyl (C=O) groups excluding carboxylic acids is 1. The number of thiol groups is 1. The molecule has 0 fully saturated rings. The summed E-state index contributed by atoms with van der Waals surface area (Å²) in [7, 11) is 0. The van der Waals surface area contributed by atoms with Gasteiger partial charge in [0, 0.05) is 35.7 Å². The average molecular weight is 561 g/mol. The van der Waals surface area contributed by atoms with Gasteiger partial charge in [-0.3, -0.25) is 4.79 Å². The Labute approximate surface area is 221 Å². The van der Waals surface area contributed by atoms with E-state index in [0.717, 1.165) is 52.8 Å². The number of halogens is 1. The van der Waals surface area contributed by atoms with Gasteiger partial charge in [-0.05, 0) is 76.5 Å². The number of aromatic nitrogens is 2. The maximum absolute atomic E-state index is 12.7. The van der Waals surface area contributed by atoms with E-state index in [-0.39, 0.29) is 17.4 Å². The standard InChI is InChI=1S/C27H34BrN3O3S/c1-5-6-24-30-25-17(4)10-19(13-29-26(32)20(15-35)9-16(2)3)12-23(25)31(24)14-18-7-8-21(27(33)34)22(28)11-18/h7-8,10-12,16,20,35H,5-6,9,13-15H2,1-4H3,(H,29,32)(H,33,34)/t20-/m1/s1. The maximum Gasteiger partial charge on any atom is 0.336 e. The van der Waals surface area contributed by atoms with Crippen LogP contribution in [0.2, 0.25) is 0 Å². The summed E-state index contributed by atoms with van der Waals surface area (Å²) in [6.07, 6.45) is 2.62. The highest BCUT2D eigenvalue weighted by Crippen LogP contribution is 2.26. The van der Waals surface area contributed by atoms with Crippen LogP contribution in [-0.2, 0) is 24.3 Å². The van der Waals surface area contributed by atoms with E-state index < -0.39 is 5.97 Å². The summed E-state index contributed by atoms with van der Waals surface area (Å²) in [5.41, 5.74) is 5.29. The van der Waals surface area contributed by atoms with Crippen LogP contribution in [0.15, 0.2) is 34.8 Å². The Morgan fingerprint density at radius 2 is 1.94 bits per heavy atom. The molecule has 6 nitrogen and oxygen atoms in total. The summed E-state index contributed by atoms with van der Waals surface area (Å²) in [6, 6.07) is 9.52. The molecular weight excluding hydrogens is 526 g/mol. The molecule has 0 unspecified atom stereocenters. The third-order valence-electron chi connectivity index (χ3n) is 6.08. The zero-order valence-corrected chi connectivity index (χ0v) is 23.2. The van der Waals surface area contributed by atoms with E-state index in [2.05, 4.69) is 71.3 Å². The summed E-state index contributed by atoms with van der Waals surface area (Å²) in [5, 5.41) is 12.4. The van der Waals surface area contributed by atoms with Crippen LogP contribution in [-0.4, -0.2) is 32.3 Å². The number of rotatable bonds is 11. The molecule has 0 saturated heterocycles. The molecule has 188 valence electrons. The van der Waals surface area contributed by atoms with E-state index in [4.69, 9.17) is 4.98 Å². The van der Waals surface area contributed by atoms with Gasteiger partial charge in [0.25, 0.3) is 0 Å².